The highest BCUT2D eigenvalue weighted by atomic mass is 32.1. The van der Waals surface area contributed by atoms with Gasteiger partial charge in [-0.2, -0.15) is 0 Å². The number of carbonyl (C=O) groups is 1. The monoisotopic (exact) mass is 371 g/mol. The summed E-state index contributed by atoms with van der Waals surface area (Å²) in [6, 6.07) is 11.2. The van der Waals surface area contributed by atoms with E-state index in [9.17, 15) is 4.79 Å². The van der Waals surface area contributed by atoms with Gasteiger partial charge in [0.1, 0.15) is 16.3 Å². The second kappa shape index (κ2) is 7.72. The molecule has 0 aliphatic rings. The maximum atomic E-state index is 11.8. The van der Waals surface area contributed by atoms with E-state index in [0.29, 0.717) is 17.9 Å². The molecular formula is C19H21N3O3S. The zero-order chi connectivity index (χ0) is 18.7. The lowest BCUT2D eigenvalue weighted by Gasteiger charge is -2.19. The molecule has 0 saturated carbocycles. The van der Waals surface area contributed by atoms with Crippen LogP contribution in [0.4, 0.5) is 5.69 Å². The maximum absolute atomic E-state index is 11.8. The Labute approximate surface area is 156 Å². The first-order valence-electron chi connectivity index (χ1n) is 8.13. The van der Waals surface area contributed by atoms with Crippen molar-refractivity contribution in [2.75, 3.05) is 39.3 Å². The highest BCUT2D eigenvalue weighted by molar-refractivity contribution is 7.22. The molecule has 26 heavy (non-hydrogen) atoms. The van der Waals surface area contributed by atoms with E-state index in [1.165, 1.54) is 11.3 Å². The number of benzene rings is 2. The number of anilines is 1. The Bertz CT molecular complexity index is 939. The molecule has 0 saturated heterocycles. The number of nitrogens with zero attached hydrogens (tertiary/aromatic N) is 2. The Kier molecular flexibility index (Phi) is 5.39. The number of rotatable bonds is 7. The summed E-state index contributed by atoms with van der Waals surface area (Å²) >= 11 is 1.52. The molecule has 0 radical (unpaired) electrons. The second-order valence-corrected chi connectivity index (χ2v) is 6.81. The van der Waals surface area contributed by atoms with E-state index in [1.807, 2.05) is 31.3 Å². The van der Waals surface area contributed by atoms with Gasteiger partial charge >= 0.3 is 0 Å². The lowest BCUT2D eigenvalue weighted by molar-refractivity contribution is 0.100. The average Bonchev–Trinajstić information content (AvgIpc) is 3.10. The van der Waals surface area contributed by atoms with Crippen LogP contribution in [0.15, 0.2) is 36.4 Å². The number of likely N-dealkylation sites (N-methyl/N-ethyl adjacent to an activating group) is 1. The van der Waals surface area contributed by atoms with Crippen molar-refractivity contribution >= 4 is 33.1 Å². The van der Waals surface area contributed by atoms with Crippen molar-refractivity contribution in [1.82, 2.24) is 4.98 Å². The summed E-state index contributed by atoms with van der Waals surface area (Å²) in [5.74, 6) is 0.229. The minimum atomic E-state index is -0.468. The van der Waals surface area contributed by atoms with Crippen LogP contribution in [0.1, 0.15) is 10.4 Å². The highest BCUT2D eigenvalue weighted by Crippen LogP contribution is 2.41. The number of amides is 1. The van der Waals surface area contributed by atoms with Crippen molar-refractivity contribution in [3.8, 4) is 16.3 Å². The van der Waals surface area contributed by atoms with Crippen LogP contribution in [0.3, 0.4) is 0 Å². The molecule has 3 aromatic rings. The van der Waals surface area contributed by atoms with Crippen molar-refractivity contribution in [1.29, 1.82) is 0 Å². The summed E-state index contributed by atoms with van der Waals surface area (Å²) < 4.78 is 11.7. The van der Waals surface area contributed by atoms with Crippen LogP contribution >= 0.6 is 11.3 Å². The largest absolute Gasteiger partial charge is 0.494 e. The molecule has 7 heteroatoms. The van der Waals surface area contributed by atoms with Crippen molar-refractivity contribution in [2.24, 2.45) is 5.73 Å². The summed E-state index contributed by atoms with van der Waals surface area (Å²) in [5.41, 5.74) is 8.53. The zero-order valence-electron chi connectivity index (χ0n) is 15.0. The normalized spacial score (nSPS) is 10.9. The fourth-order valence-corrected chi connectivity index (χ4v) is 3.97. The molecule has 0 aliphatic carbocycles. The number of hydrogen-bond acceptors (Lipinski definition) is 6. The van der Waals surface area contributed by atoms with Crippen LogP contribution in [-0.4, -0.2) is 45.3 Å². The fraction of sp³-hybridized carbons (Fsp3) is 0.263. The van der Waals surface area contributed by atoms with E-state index in [0.717, 1.165) is 33.0 Å². The summed E-state index contributed by atoms with van der Waals surface area (Å²) in [4.78, 5) is 18.6. The molecule has 0 spiro atoms. The lowest BCUT2D eigenvalue weighted by atomic mass is 10.1. The number of ether oxygens (including phenoxy) is 2. The molecule has 1 heterocycles. The predicted octanol–water partition coefficient (Wildman–Crippen LogP) is 3.15. The van der Waals surface area contributed by atoms with Crippen LogP contribution in [0.2, 0.25) is 0 Å². The van der Waals surface area contributed by atoms with Crippen LogP contribution in [0, 0.1) is 0 Å². The second-order valence-electron chi connectivity index (χ2n) is 5.81. The molecule has 1 amide bonds. The highest BCUT2D eigenvalue weighted by Gasteiger charge is 2.19. The molecule has 0 fully saturated rings. The summed E-state index contributed by atoms with van der Waals surface area (Å²) in [7, 11) is 5.32. The van der Waals surface area contributed by atoms with Gasteiger partial charge in [-0.25, -0.2) is 4.98 Å². The van der Waals surface area contributed by atoms with Gasteiger partial charge in [0.2, 0.25) is 5.91 Å². The quantitative estimate of drug-likeness (QED) is 0.690. The van der Waals surface area contributed by atoms with Crippen LogP contribution in [0.5, 0.6) is 5.75 Å². The van der Waals surface area contributed by atoms with Crippen molar-refractivity contribution in [3.05, 3.63) is 42.0 Å². The molecule has 0 bridgehead atoms. The standard InChI is InChI=1S/C19H21N3O3S/c1-22(10-11-24-2)14-8-9-15(25-3)16-17(14)26-19(21-16)13-7-5-4-6-12(13)18(20)23/h4-9H,10-11H2,1-3H3,(H2,20,23). The van der Waals surface area contributed by atoms with Crippen molar-refractivity contribution < 1.29 is 14.3 Å². The summed E-state index contributed by atoms with van der Waals surface area (Å²) in [5, 5.41) is 0.736. The van der Waals surface area contributed by atoms with E-state index in [4.69, 9.17) is 20.2 Å². The Balaban J connectivity index is 2.17. The first-order chi connectivity index (χ1) is 12.6. The molecule has 6 nitrogen and oxygen atoms in total. The van der Waals surface area contributed by atoms with Gasteiger partial charge in [0.25, 0.3) is 0 Å². The number of hydrogen-bond donors (Lipinski definition) is 1. The molecule has 1 aromatic heterocycles. The third kappa shape index (κ3) is 3.36. The van der Waals surface area contributed by atoms with E-state index < -0.39 is 5.91 Å². The molecular weight excluding hydrogens is 350 g/mol. The van der Waals surface area contributed by atoms with Gasteiger partial charge in [0.15, 0.2) is 0 Å². The number of aromatic nitrogens is 1. The number of methoxy groups -OCH3 is 2. The number of thiazole rings is 1. The van der Waals surface area contributed by atoms with Gasteiger partial charge in [-0.1, -0.05) is 18.2 Å². The summed E-state index contributed by atoms with van der Waals surface area (Å²) in [6.07, 6.45) is 0. The van der Waals surface area contributed by atoms with Gasteiger partial charge in [-0.15, -0.1) is 11.3 Å². The Morgan fingerprint density at radius 3 is 2.69 bits per heavy atom. The average molecular weight is 371 g/mol. The maximum Gasteiger partial charge on any atom is 0.249 e. The predicted molar refractivity (Wildman–Crippen MR) is 105 cm³/mol. The molecule has 2 N–H and O–H groups in total. The van der Waals surface area contributed by atoms with Gasteiger partial charge in [-0.3, -0.25) is 4.79 Å². The minimum Gasteiger partial charge on any atom is -0.494 e. The Morgan fingerprint density at radius 1 is 1.23 bits per heavy atom. The number of primary amides is 1. The Morgan fingerprint density at radius 2 is 2.00 bits per heavy atom. The number of fused-ring (bicyclic) bond motifs is 1. The van der Waals surface area contributed by atoms with Crippen LogP contribution < -0.4 is 15.4 Å². The van der Waals surface area contributed by atoms with E-state index in [-0.39, 0.29) is 0 Å². The summed E-state index contributed by atoms with van der Waals surface area (Å²) in [6.45, 7) is 1.38. The molecule has 0 atom stereocenters. The van der Waals surface area contributed by atoms with Gasteiger partial charge in [0.05, 0.1) is 24.1 Å². The SMILES string of the molecule is COCCN(C)c1ccc(OC)c2nc(-c3ccccc3C(N)=O)sc12. The van der Waals surface area contributed by atoms with Gasteiger partial charge in [0, 0.05) is 31.8 Å². The minimum absolute atomic E-state index is 0.458. The van der Waals surface area contributed by atoms with Crippen molar-refractivity contribution in [2.45, 2.75) is 0 Å². The van der Waals surface area contributed by atoms with E-state index >= 15 is 0 Å². The lowest BCUT2D eigenvalue weighted by Crippen LogP contribution is -2.22. The first kappa shape index (κ1) is 18.2. The van der Waals surface area contributed by atoms with Crippen LogP contribution in [-0.2, 0) is 4.74 Å². The number of nitrogens with two attached hydrogens (primary N) is 1. The van der Waals surface area contributed by atoms with Gasteiger partial charge in [-0.05, 0) is 18.2 Å². The molecule has 0 unspecified atom stereocenters. The third-order valence-corrected chi connectivity index (χ3v) is 5.28. The Hall–Kier alpha value is -2.64. The van der Waals surface area contributed by atoms with E-state index in [1.54, 1.807) is 26.4 Å². The molecule has 2 aromatic carbocycles. The fourth-order valence-electron chi connectivity index (χ4n) is 2.78. The van der Waals surface area contributed by atoms with E-state index in [2.05, 4.69) is 4.90 Å². The zero-order valence-corrected chi connectivity index (χ0v) is 15.8. The third-order valence-electron chi connectivity index (χ3n) is 4.17. The van der Waals surface area contributed by atoms with Crippen LogP contribution in [0.25, 0.3) is 20.8 Å². The number of carbonyl (C=O) groups excluding carboxylic acids is 1. The first-order valence-corrected chi connectivity index (χ1v) is 8.95. The molecule has 3 rings (SSSR count). The van der Waals surface area contributed by atoms with Crippen molar-refractivity contribution in [3.63, 3.8) is 0 Å². The molecule has 136 valence electrons. The molecule has 0 aliphatic heterocycles. The van der Waals surface area contributed by atoms with Gasteiger partial charge < -0.3 is 20.1 Å². The smallest absolute Gasteiger partial charge is 0.249 e. The topological polar surface area (TPSA) is 77.7 Å².